The smallest absolute Gasteiger partial charge is 0.159 e. The maximum atomic E-state index is 11.1. The average Bonchev–Trinajstić information content (AvgIpc) is 2.30. The monoisotopic (exact) mass is 237 g/mol. The molecule has 94 valence electrons. The van der Waals surface area contributed by atoms with Crippen molar-refractivity contribution in [3.05, 3.63) is 29.8 Å². The van der Waals surface area contributed by atoms with Gasteiger partial charge in [-0.25, -0.2) is 0 Å². The summed E-state index contributed by atoms with van der Waals surface area (Å²) in [4.78, 5) is 11.1. The molecule has 0 amide bonds. The van der Waals surface area contributed by atoms with E-state index >= 15 is 0 Å². The van der Waals surface area contributed by atoms with Gasteiger partial charge in [0.05, 0.1) is 12.7 Å². The van der Waals surface area contributed by atoms with Crippen LogP contribution in [0.4, 0.5) is 5.69 Å². The fourth-order valence-corrected chi connectivity index (χ4v) is 1.48. The van der Waals surface area contributed by atoms with Gasteiger partial charge < -0.3 is 15.2 Å². The zero-order chi connectivity index (χ0) is 12.7. The van der Waals surface area contributed by atoms with Gasteiger partial charge in [-0.1, -0.05) is 0 Å². The van der Waals surface area contributed by atoms with Crippen LogP contribution in [-0.4, -0.2) is 37.3 Å². The molecule has 1 aromatic carbocycles. The minimum atomic E-state index is -0.441. The molecule has 0 aromatic heterocycles. The molecule has 0 aliphatic heterocycles. The lowest BCUT2D eigenvalue weighted by molar-refractivity contribution is 0.0615. The molecule has 0 fully saturated rings. The van der Waals surface area contributed by atoms with Gasteiger partial charge >= 0.3 is 0 Å². The summed E-state index contributed by atoms with van der Waals surface area (Å²) in [6, 6.07) is 7.30. The van der Waals surface area contributed by atoms with Crippen LogP contribution in [0, 0.1) is 0 Å². The number of ether oxygens (including phenoxy) is 1. The molecule has 1 atom stereocenters. The standard InChI is InChI=1S/C13H19NO3/c1-10(15)11-3-5-12(6-4-11)14-8-7-13(16)9-17-2/h3-6,13-14,16H,7-9H2,1-2H3. The Bertz CT molecular complexity index is 348. The van der Waals surface area contributed by atoms with E-state index < -0.39 is 6.10 Å². The van der Waals surface area contributed by atoms with E-state index in [2.05, 4.69) is 5.32 Å². The van der Waals surface area contributed by atoms with E-state index in [1.807, 2.05) is 12.1 Å². The van der Waals surface area contributed by atoms with Crippen LogP contribution in [0.1, 0.15) is 23.7 Å². The van der Waals surface area contributed by atoms with Crippen molar-refractivity contribution < 1.29 is 14.6 Å². The summed E-state index contributed by atoms with van der Waals surface area (Å²) >= 11 is 0. The molecular weight excluding hydrogens is 218 g/mol. The molecular formula is C13H19NO3. The Hall–Kier alpha value is -1.39. The number of hydrogen-bond acceptors (Lipinski definition) is 4. The number of Topliss-reactive ketones (excluding diaryl/α,β-unsaturated/α-hetero) is 1. The lowest BCUT2D eigenvalue weighted by atomic mass is 10.1. The quantitative estimate of drug-likeness (QED) is 0.709. The summed E-state index contributed by atoms with van der Waals surface area (Å²) in [7, 11) is 1.57. The van der Waals surface area contributed by atoms with Crippen LogP contribution in [0.2, 0.25) is 0 Å². The number of carbonyl (C=O) groups is 1. The van der Waals surface area contributed by atoms with Crippen molar-refractivity contribution >= 4 is 11.5 Å². The predicted octanol–water partition coefficient (Wildman–Crippen LogP) is 1.70. The van der Waals surface area contributed by atoms with Crippen molar-refractivity contribution in [1.29, 1.82) is 0 Å². The molecule has 4 heteroatoms. The summed E-state index contributed by atoms with van der Waals surface area (Å²) in [6.07, 6.45) is 0.187. The Balaban J connectivity index is 2.34. The van der Waals surface area contributed by atoms with Crippen molar-refractivity contribution in [3.63, 3.8) is 0 Å². The van der Waals surface area contributed by atoms with Gasteiger partial charge in [0.2, 0.25) is 0 Å². The van der Waals surface area contributed by atoms with E-state index in [-0.39, 0.29) is 5.78 Å². The zero-order valence-electron chi connectivity index (χ0n) is 10.3. The number of rotatable bonds is 7. The van der Waals surface area contributed by atoms with E-state index in [9.17, 15) is 9.90 Å². The van der Waals surface area contributed by atoms with Gasteiger partial charge in [0.25, 0.3) is 0 Å². The zero-order valence-corrected chi connectivity index (χ0v) is 10.3. The van der Waals surface area contributed by atoms with Crippen molar-refractivity contribution in [3.8, 4) is 0 Å². The van der Waals surface area contributed by atoms with E-state index in [1.54, 1.807) is 26.2 Å². The van der Waals surface area contributed by atoms with Gasteiger partial charge in [-0.05, 0) is 37.6 Å². The van der Waals surface area contributed by atoms with Crippen molar-refractivity contribution in [2.45, 2.75) is 19.4 Å². The van der Waals surface area contributed by atoms with Gasteiger partial charge in [0, 0.05) is 24.9 Å². The molecule has 0 aliphatic carbocycles. The van der Waals surface area contributed by atoms with Gasteiger partial charge in [-0.2, -0.15) is 0 Å². The van der Waals surface area contributed by atoms with Crippen LogP contribution in [0.5, 0.6) is 0 Å². The molecule has 4 nitrogen and oxygen atoms in total. The van der Waals surface area contributed by atoms with Crippen LogP contribution >= 0.6 is 0 Å². The minimum Gasteiger partial charge on any atom is -0.391 e. The molecule has 0 saturated carbocycles. The molecule has 1 aromatic rings. The highest BCUT2D eigenvalue weighted by Crippen LogP contribution is 2.10. The van der Waals surface area contributed by atoms with Crippen molar-refractivity contribution in [1.82, 2.24) is 0 Å². The molecule has 0 bridgehead atoms. The van der Waals surface area contributed by atoms with E-state index in [1.165, 1.54) is 0 Å². The van der Waals surface area contributed by atoms with Gasteiger partial charge in [-0.3, -0.25) is 4.79 Å². The summed E-state index contributed by atoms with van der Waals surface area (Å²) in [5.74, 6) is 0.0621. The topological polar surface area (TPSA) is 58.6 Å². The number of hydrogen-bond donors (Lipinski definition) is 2. The molecule has 17 heavy (non-hydrogen) atoms. The summed E-state index contributed by atoms with van der Waals surface area (Å²) < 4.78 is 4.83. The third kappa shape index (κ3) is 4.97. The Morgan fingerprint density at radius 1 is 1.41 bits per heavy atom. The SMILES string of the molecule is COCC(O)CCNc1ccc(C(C)=O)cc1. The van der Waals surface area contributed by atoms with Crippen LogP contribution < -0.4 is 5.32 Å². The fraction of sp³-hybridized carbons (Fsp3) is 0.462. The fourth-order valence-electron chi connectivity index (χ4n) is 1.48. The molecule has 0 saturated heterocycles. The lowest BCUT2D eigenvalue weighted by Crippen LogP contribution is -2.18. The van der Waals surface area contributed by atoms with Crippen LogP contribution in [0.3, 0.4) is 0 Å². The van der Waals surface area contributed by atoms with Crippen LogP contribution in [-0.2, 0) is 4.74 Å². The Morgan fingerprint density at radius 2 is 2.06 bits per heavy atom. The largest absolute Gasteiger partial charge is 0.391 e. The number of benzene rings is 1. The second-order valence-electron chi connectivity index (χ2n) is 3.96. The van der Waals surface area contributed by atoms with E-state index in [4.69, 9.17) is 4.74 Å². The lowest BCUT2D eigenvalue weighted by Gasteiger charge is -2.11. The van der Waals surface area contributed by atoms with Gasteiger partial charge in [0.15, 0.2) is 5.78 Å². The highest BCUT2D eigenvalue weighted by atomic mass is 16.5. The molecule has 1 unspecified atom stereocenters. The van der Waals surface area contributed by atoms with Gasteiger partial charge in [0.1, 0.15) is 0 Å². The Labute approximate surface area is 102 Å². The number of carbonyl (C=O) groups excluding carboxylic acids is 1. The first kappa shape index (κ1) is 13.7. The number of anilines is 1. The Morgan fingerprint density at radius 3 is 2.59 bits per heavy atom. The first-order chi connectivity index (χ1) is 8.13. The number of aliphatic hydroxyl groups excluding tert-OH is 1. The molecule has 2 N–H and O–H groups in total. The third-order valence-corrected chi connectivity index (χ3v) is 2.46. The molecule has 0 aliphatic rings. The molecule has 0 heterocycles. The number of nitrogens with one attached hydrogen (secondary N) is 1. The maximum Gasteiger partial charge on any atom is 0.159 e. The molecule has 0 radical (unpaired) electrons. The van der Waals surface area contributed by atoms with Crippen LogP contribution in [0.25, 0.3) is 0 Å². The highest BCUT2D eigenvalue weighted by Gasteiger charge is 2.03. The molecule has 1 rings (SSSR count). The first-order valence-electron chi connectivity index (χ1n) is 5.65. The number of methoxy groups -OCH3 is 1. The number of ketones is 1. The minimum absolute atomic E-state index is 0.0621. The second-order valence-corrected chi connectivity index (χ2v) is 3.96. The van der Waals surface area contributed by atoms with Crippen molar-refractivity contribution in [2.75, 3.05) is 25.6 Å². The summed E-state index contributed by atoms with van der Waals surface area (Å²) in [5.41, 5.74) is 1.65. The second kappa shape index (κ2) is 7.04. The van der Waals surface area contributed by atoms with Crippen LogP contribution in [0.15, 0.2) is 24.3 Å². The third-order valence-electron chi connectivity index (χ3n) is 2.46. The average molecular weight is 237 g/mol. The normalized spacial score (nSPS) is 12.2. The van der Waals surface area contributed by atoms with E-state index in [0.29, 0.717) is 25.1 Å². The number of aliphatic hydroxyl groups is 1. The highest BCUT2D eigenvalue weighted by molar-refractivity contribution is 5.94. The summed E-state index contributed by atoms with van der Waals surface area (Å²) in [5, 5.41) is 12.6. The van der Waals surface area contributed by atoms with Crippen molar-refractivity contribution in [2.24, 2.45) is 0 Å². The summed E-state index contributed by atoms with van der Waals surface area (Å²) in [6.45, 7) is 2.57. The first-order valence-corrected chi connectivity index (χ1v) is 5.65. The molecule has 0 spiro atoms. The predicted molar refractivity (Wildman–Crippen MR) is 67.4 cm³/mol. The maximum absolute atomic E-state index is 11.1. The van der Waals surface area contributed by atoms with Gasteiger partial charge in [-0.15, -0.1) is 0 Å². The Kier molecular flexibility index (Phi) is 5.66. The van der Waals surface area contributed by atoms with E-state index in [0.717, 1.165) is 5.69 Å².